The zero-order chi connectivity index (χ0) is 92.7. The molecule has 11 aromatic carbocycles. The molecule has 6 atom stereocenters. The highest BCUT2D eigenvalue weighted by Gasteiger charge is 2.72. The second kappa shape index (κ2) is 43.1. The van der Waals surface area contributed by atoms with E-state index in [0.29, 0.717) is 37.5 Å². The molecule has 2 fully saturated rings. The van der Waals surface area contributed by atoms with Crippen LogP contribution in [0.3, 0.4) is 0 Å². The average Bonchev–Trinajstić information content (AvgIpc) is 0.712. The van der Waals surface area contributed by atoms with Gasteiger partial charge in [-0.05, 0) is 449 Å². The van der Waals surface area contributed by atoms with Gasteiger partial charge >= 0.3 is 12.4 Å². The van der Waals surface area contributed by atoms with Crippen LogP contribution in [0.15, 0.2) is 204 Å². The molecule has 124 heavy (non-hydrogen) atoms. The van der Waals surface area contributed by atoms with Crippen LogP contribution in [-0.2, 0) is 15.3 Å². The molecule has 0 aromatic heterocycles. The molecule has 664 valence electrons. The zero-order valence-electron chi connectivity index (χ0n) is 80.0. The molecule has 2 aliphatic rings. The summed E-state index contributed by atoms with van der Waals surface area (Å²) in [6.07, 6.45) is -2.23. The summed E-state index contributed by atoms with van der Waals surface area (Å²) in [7, 11) is -3.42. The highest BCUT2D eigenvalue weighted by molar-refractivity contribution is 7.91. The molecule has 0 bridgehead atoms. The summed E-state index contributed by atoms with van der Waals surface area (Å²) in [5, 5.41) is 0. The van der Waals surface area contributed by atoms with Crippen molar-refractivity contribution in [1.29, 1.82) is 0 Å². The van der Waals surface area contributed by atoms with E-state index in [1.54, 1.807) is 38.1 Å². The van der Waals surface area contributed by atoms with Crippen molar-refractivity contribution in [3.63, 3.8) is 0 Å². The molecule has 11 aromatic rings. The minimum atomic E-state index is -5.55. The maximum Gasteiger partial charge on any atom is 0.411 e. The van der Waals surface area contributed by atoms with Crippen LogP contribution < -0.4 is 4.74 Å². The fraction of sp³-hybridized carbons (Fsp3) is 0.407. The minimum absolute atomic E-state index is 0.0983. The lowest BCUT2D eigenvalue weighted by molar-refractivity contribution is -0.288. The number of hydrogen-bond donors (Lipinski definition) is 0. The Labute approximate surface area is 742 Å². The predicted octanol–water partition coefficient (Wildman–Crippen LogP) is 32.6. The lowest BCUT2D eigenvalue weighted by atomic mass is 9.57. The molecule has 0 heterocycles. The quantitative estimate of drug-likeness (QED) is 0.0956. The van der Waals surface area contributed by atoms with E-state index in [4.69, 9.17) is 4.74 Å². The monoisotopic (exact) mass is 1710 g/mol. The van der Waals surface area contributed by atoms with E-state index in [0.717, 1.165) is 116 Å². The number of ketones is 1. The molecule has 4 nitrogen and oxygen atoms in total. The zero-order valence-corrected chi connectivity index (χ0v) is 80.8. The highest BCUT2D eigenvalue weighted by Crippen LogP contribution is 2.57. The number of ether oxygens (including phenoxy) is 1. The lowest BCUT2D eigenvalue weighted by Gasteiger charge is -2.49. The van der Waals surface area contributed by atoms with Gasteiger partial charge in [-0.1, -0.05) is 188 Å². The van der Waals surface area contributed by atoms with Crippen LogP contribution in [-0.4, -0.2) is 26.6 Å². The van der Waals surface area contributed by atoms with Crippen LogP contribution in [0.25, 0.3) is 11.1 Å². The van der Waals surface area contributed by atoms with Crippen molar-refractivity contribution in [2.24, 2.45) is 40.9 Å². The Morgan fingerprint density at radius 2 is 0.532 bits per heavy atom. The molecule has 11 heteroatoms. The fourth-order valence-corrected chi connectivity index (χ4v) is 17.6. The number of sulfone groups is 1. The van der Waals surface area contributed by atoms with Crippen molar-refractivity contribution in [3.8, 4) is 22.6 Å². The third kappa shape index (κ3) is 25.8. The van der Waals surface area contributed by atoms with Gasteiger partial charge in [0, 0.05) is 11.1 Å². The number of benzene rings is 11. The molecule has 2 saturated carbocycles. The number of carbonyl (C=O) groups is 1. The first-order chi connectivity index (χ1) is 57.7. The van der Waals surface area contributed by atoms with E-state index in [9.17, 15) is 39.6 Å². The van der Waals surface area contributed by atoms with Crippen LogP contribution in [0.4, 0.5) is 26.3 Å². The summed E-state index contributed by atoms with van der Waals surface area (Å²) in [6.45, 7) is 63.0. The Bertz CT molecular complexity index is 5280. The Hall–Kier alpha value is -9.58. The first-order valence-corrected chi connectivity index (χ1v) is 45.6. The van der Waals surface area contributed by atoms with E-state index < -0.39 is 38.7 Å². The van der Waals surface area contributed by atoms with Gasteiger partial charge in [0.15, 0.2) is 5.78 Å². The summed E-state index contributed by atoms with van der Waals surface area (Å²) in [6, 6.07) is 58.8. The second-order valence-electron chi connectivity index (χ2n) is 37.2. The van der Waals surface area contributed by atoms with E-state index >= 15 is 0 Å². The first kappa shape index (κ1) is 102. The first-order valence-electron chi connectivity index (χ1n) is 44.1. The van der Waals surface area contributed by atoms with Crippen molar-refractivity contribution in [3.05, 3.63) is 350 Å². The Morgan fingerprint density at radius 1 is 0.282 bits per heavy atom. The maximum absolute atomic E-state index is 14.0. The number of hydrogen-bond acceptors (Lipinski definition) is 4. The Morgan fingerprint density at radius 3 is 0.798 bits per heavy atom. The summed E-state index contributed by atoms with van der Waals surface area (Å²) >= 11 is 0. The van der Waals surface area contributed by atoms with Gasteiger partial charge in [0.1, 0.15) is 11.5 Å². The molecular formula is C113H140F6O4S. The van der Waals surface area contributed by atoms with Crippen molar-refractivity contribution in [2.45, 2.75) is 274 Å². The molecule has 0 saturated heterocycles. The summed E-state index contributed by atoms with van der Waals surface area (Å²) < 4.78 is 115. The fourth-order valence-electron chi connectivity index (χ4n) is 16.2. The average molecular weight is 1710 g/mol. The summed E-state index contributed by atoms with van der Waals surface area (Å²) in [5.74, 6) is 7.65. The van der Waals surface area contributed by atoms with Gasteiger partial charge in [0.25, 0.3) is 0 Å². The highest BCUT2D eigenvalue weighted by atomic mass is 32.2. The van der Waals surface area contributed by atoms with Gasteiger partial charge in [-0.2, -0.15) is 26.3 Å². The SMILES string of the molecule is CC1CCC(C(C)(C)C2CCC(C)C(C)C2)CC1C.Cc1cc(C)c(C)cc1C.Cc1ccc(-c2ccc(C)c(C)c2)cc1C.Cc1ccc(C(=O)c2ccc(C)c(C)c2)cc1C.Cc1ccc(C(c2ccc(C)c(C)c2)(C(F)(F)F)C(F)(F)F)cc1C.Cc1ccc(Oc2ccc(C)c(C)c2)cc1C.Cc1ccc(S(=O)(=O)c2ccc(C)c(C)c2)cc1C. The van der Waals surface area contributed by atoms with Crippen LogP contribution in [0, 0.1) is 207 Å². The molecule has 0 amide bonds. The normalized spacial score (nSPS) is 16.5. The molecule has 0 N–H and O–H groups in total. The molecule has 13 rings (SSSR count). The Kier molecular flexibility index (Phi) is 35.3. The third-order valence-corrected chi connectivity index (χ3v) is 29.5. The lowest BCUT2D eigenvalue weighted by Crippen LogP contribution is -2.54. The van der Waals surface area contributed by atoms with Crippen molar-refractivity contribution in [1.82, 2.24) is 0 Å². The number of halogens is 6. The molecule has 0 spiro atoms. The second-order valence-corrected chi connectivity index (χ2v) is 39.2. The van der Waals surface area contributed by atoms with Gasteiger partial charge in [-0.15, -0.1) is 0 Å². The third-order valence-electron chi connectivity index (χ3n) is 27.8. The van der Waals surface area contributed by atoms with Gasteiger partial charge in [-0.25, -0.2) is 8.42 Å². The number of rotatable bonds is 11. The maximum atomic E-state index is 14.0. The van der Waals surface area contributed by atoms with E-state index in [1.807, 2.05) is 102 Å². The molecule has 0 aliphatic heterocycles. The Balaban J connectivity index is 0.000000201. The number of aryl methyl sites for hydroxylation is 24. The van der Waals surface area contributed by atoms with Crippen LogP contribution in [0.1, 0.15) is 241 Å². The summed E-state index contributed by atoms with van der Waals surface area (Å²) in [4.78, 5) is 13.1. The summed E-state index contributed by atoms with van der Waals surface area (Å²) in [5.41, 5.74) is 26.0. The van der Waals surface area contributed by atoms with Gasteiger partial charge in [0.05, 0.1) is 9.79 Å². The van der Waals surface area contributed by atoms with Gasteiger partial charge in [0.2, 0.25) is 15.3 Å². The van der Waals surface area contributed by atoms with Crippen molar-refractivity contribution >= 4 is 15.6 Å². The molecule has 6 unspecified atom stereocenters. The predicted molar refractivity (Wildman–Crippen MR) is 511 cm³/mol. The van der Waals surface area contributed by atoms with Gasteiger partial charge < -0.3 is 4.74 Å². The van der Waals surface area contributed by atoms with E-state index in [1.165, 1.54) is 154 Å². The van der Waals surface area contributed by atoms with Crippen molar-refractivity contribution < 1.29 is 44.3 Å². The topological polar surface area (TPSA) is 60.4 Å². The van der Waals surface area contributed by atoms with Crippen molar-refractivity contribution in [2.75, 3.05) is 0 Å². The van der Waals surface area contributed by atoms with Gasteiger partial charge in [-0.3, -0.25) is 4.79 Å². The van der Waals surface area contributed by atoms with Crippen LogP contribution in [0.2, 0.25) is 0 Å². The number of alkyl halides is 6. The smallest absolute Gasteiger partial charge is 0.411 e. The van der Waals surface area contributed by atoms with Crippen LogP contribution in [0.5, 0.6) is 11.5 Å². The molecule has 0 radical (unpaired) electrons. The standard InChI is InChI=1S/C19H18F6.C19H36.C17H18O.C16H18O2S.C16H18O.C16H18.C10H14/c1-11-5-7-15(9-13(11)3)17(18(20,21)22,19(23,24)25)16-8-6-12(2)14(4)10-16;1-13-7-9-17(11-15(13)3)19(5,6)18-10-8-14(2)16(4)12-18;1-11-5-7-15(9-13(11)3)17(18)16-8-6-12(2)14(4)10-16;1-11-5-7-15(9-13(11)3)19(17,18)16-8-6-12(2)14(4)10-16;1-11-5-7-15(9-13(11)3)17-16-8-6-12(2)14(4)10-16;1-11-5-7-15(9-13(11)3)16-8-6-12(2)14(4)10-16;1-7-5-9(3)10(4)6-8(7)2/h5-10H,1-4H3;13-18H,7-12H2,1-6H3;5-10H,1-4H3;5-10H,1-4H3;5-10H,1-4H3;5-10H,1-4H3;5-6H,1-4H3. The molecular weight excluding hydrogens is 1570 g/mol. The van der Waals surface area contributed by atoms with Crippen LogP contribution >= 0.6 is 0 Å². The molecule has 2 aliphatic carbocycles. The largest absolute Gasteiger partial charge is 0.457 e. The van der Waals surface area contributed by atoms with E-state index in [2.05, 4.69) is 211 Å². The minimum Gasteiger partial charge on any atom is -0.457 e. The van der Waals surface area contributed by atoms with E-state index in [-0.39, 0.29) is 5.78 Å². The number of carbonyl (C=O) groups excluding carboxylic acids is 1.